The first-order valence-electron chi connectivity index (χ1n) is 0. The van der Waals surface area contributed by atoms with Gasteiger partial charge >= 0.3 is 196 Å². The average Bonchev–Trinajstić information content (AvgIpc) is 0. The van der Waals surface area contributed by atoms with Gasteiger partial charge in [-0.15, -0.1) is 0 Å². The van der Waals surface area contributed by atoms with Crippen LogP contribution in [0.15, 0.2) is 0 Å². The number of rotatable bonds is 0. The van der Waals surface area contributed by atoms with E-state index >= 15 is 0 Å². The van der Waals surface area contributed by atoms with Gasteiger partial charge in [-0.1, -0.05) is 0 Å². The molecule has 0 aliphatic heterocycles. The van der Waals surface area contributed by atoms with Crippen molar-refractivity contribution in [3.05, 3.63) is 0 Å². The fourth-order valence-corrected chi connectivity index (χ4v) is 0. The number of hydrogen-bond donors (Lipinski definition) is 0. The van der Waals surface area contributed by atoms with Crippen molar-refractivity contribution in [2.45, 2.75) is 0 Å². The van der Waals surface area contributed by atoms with Crippen LogP contribution in [0.1, 0.15) is 0 Å². The molecule has 0 amide bonds. The Labute approximate surface area is 232 Å². The van der Waals surface area contributed by atoms with Crippen molar-refractivity contribution >= 4 is 196 Å². The van der Waals surface area contributed by atoms with Crippen LogP contribution in [0, 0.1) is 0 Å². The molecule has 12 heteroatoms. The minimum atomic E-state index is 0. The van der Waals surface area contributed by atoms with Crippen LogP contribution >= 0.6 is 0 Å². The van der Waals surface area contributed by atoms with Crippen molar-refractivity contribution in [1.29, 1.82) is 0 Å². The van der Waals surface area contributed by atoms with E-state index in [0.29, 0.717) is 0 Å². The third-order valence-corrected chi connectivity index (χ3v) is 0. The third kappa shape index (κ3) is 100. The first kappa shape index (κ1) is 145. The normalized spacial score (nSPS) is 0. The van der Waals surface area contributed by atoms with Gasteiger partial charge in [0.2, 0.25) is 0 Å². The molecular weight excluding hydrogens is 677 g/mol. The van der Waals surface area contributed by atoms with E-state index in [-0.39, 0.29) is 239 Å². The van der Waals surface area contributed by atoms with Crippen LogP contribution in [-0.2, 0) is 0 Å². The minimum absolute atomic E-state index is 0. The molecule has 0 radical (unpaired) electrons. The maximum absolute atomic E-state index is 0. The van der Waals surface area contributed by atoms with Crippen LogP contribution < -0.4 is 0 Å². The third-order valence-electron chi connectivity index (χ3n) is 0. The zero-order chi connectivity index (χ0) is 0. The van der Waals surface area contributed by atoms with Gasteiger partial charge in [0.25, 0.3) is 0 Å². The summed E-state index contributed by atoms with van der Waals surface area (Å²) in [5.74, 6) is 0. The fourth-order valence-electron chi connectivity index (χ4n) is 0. The molecule has 0 atom stereocenters. The predicted octanol–water partition coefficient (Wildman–Crippen LogP) is -2.94. The molecule has 0 saturated heterocycles. The number of hydrogen-bond acceptors (Lipinski definition) is 8. The van der Waals surface area contributed by atoms with E-state index < -0.39 is 0 Å². The summed E-state index contributed by atoms with van der Waals surface area (Å²) in [7, 11) is 0. The SMILES string of the molecule is [Ba+2].[Ba+2].[Ba+2].[Ba+2].[OH-].[OH-].[OH-].[OH-].[OH-].[OH-].[OH-].[OH-]. The molecule has 0 aromatic heterocycles. The second kappa shape index (κ2) is 122. The van der Waals surface area contributed by atoms with Gasteiger partial charge in [0.05, 0.1) is 0 Å². The zero-order valence-electron chi connectivity index (χ0n) is 6.41. The summed E-state index contributed by atoms with van der Waals surface area (Å²) in [6, 6.07) is 0. The molecule has 0 aliphatic carbocycles. The maximum atomic E-state index is 0. The molecule has 0 aliphatic rings. The van der Waals surface area contributed by atoms with Gasteiger partial charge in [0.15, 0.2) is 0 Å². The van der Waals surface area contributed by atoms with Gasteiger partial charge in [-0.3, -0.25) is 0 Å². The quantitative estimate of drug-likeness (QED) is 0.239. The Morgan fingerprint density at radius 3 is 0.167 bits per heavy atom. The van der Waals surface area contributed by atoms with Gasteiger partial charge in [-0.05, 0) is 0 Å². The van der Waals surface area contributed by atoms with Crippen LogP contribution in [0.5, 0.6) is 0 Å². The van der Waals surface area contributed by atoms with Crippen molar-refractivity contribution in [2.24, 2.45) is 0 Å². The summed E-state index contributed by atoms with van der Waals surface area (Å²) < 4.78 is 0. The minimum Gasteiger partial charge on any atom is -0.870 e. The molecule has 0 bridgehead atoms. The van der Waals surface area contributed by atoms with E-state index in [1.807, 2.05) is 0 Å². The molecule has 8 N–H and O–H groups in total. The monoisotopic (exact) mass is 688 g/mol. The molecule has 0 aromatic rings. The van der Waals surface area contributed by atoms with E-state index in [4.69, 9.17) is 0 Å². The van der Waals surface area contributed by atoms with Crippen LogP contribution in [0.4, 0.5) is 0 Å². The van der Waals surface area contributed by atoms with Gasteiger partial charge in [0.1, 0.15) is 0 Å². The summed E-state index contributed by atoms with van der Waals surface area (Å²) in [6.45, 7) is 0. The summed E-state index contributed by atoms with van der Waals surface area (Å²) in [6.07, 6.45) is 0. The van der Waals surface area contributed by atoms with Crippen molar-refractivity contribution in [1.82, 2.24) is 0 Å². The fraction of sp³-hybridized carbons (Fsp3) is 0. The van der Waals surface area contributed by atoms with Gasteiger partial charge < -0.3 is 43.8 Å². The van der Waals surface area contributed by atoms with Crippen molar-refractivity contribution in [2.75, 3.05) is 0 Å². The maximum Gasteiger partial charge on any atom is 2.00 e. The first-order valence-corrected chi connectivity index (χ1v) is 0. The first-order chi connectivity index (χ1) is 0. The molecule has 0 unspecified atom stereocenters. The van der Waals surface area contributed by atoms with E-state index in [9.17, 15) is 0 Å². The Kier molecular flexibility index (Phi) is 1470. The smallest absolute Gasteiger partial charge is 0.870 e. The van der Waals surface area contributed by atoms with Gasteiger partial charge in [0, 0.05) is 0 Å². The van der Waals surface area contributed by atoms with Crippen LogP contribution in [0.2, 0.25) is 0 Å². The van der Waals surface area contributed by atoms with E-state index in [1.165, 1.54) is 0 Å². The summed E-state index contributed by atoms with van der Waals surface area (Å²) >= 11 is 0. The molecule has 0 aromatic carbocycles. The molecule has 0 rings (SSSR count). The van der Waals surface area contributed by atoms with Crippen LogP contribution in [-0.4, -0.2) is 239 Å². The molecular formula is H8Ba4O8. The molecule has 12 heavy (non-hydrogen) atoms. The Morgan fingerprint density at radius 2 is 0.167 bits per heavy atom. The predicted molar refractivity (Wildman–Crippen MR) is 38.5 cm³/mol. The van der Waals surface area contributed by atoms with Crippen molar-refractivity contribution < 1.29 is 43.8 Å². The molecule has 8 nitrogen and oxygen atoms in total. The molecule has 0 fully saturated rings. The van der Waals surface area contributed by atoms with Crippen molar-refractivity contribution in [3.63, 3.8) is 0 Å². The van der Waals surface area contributed by atoms with Crippen LogP contribution in [0.25, 0.3) is 0 Å². The van der Waals surface area contributed by atoms with Gasteiger partial charge in [-0.2, -0.15) is 0 Å². The Morgan fingerprint density at radius 1 is 0.167 bits per heavy atom. The topological polar surface area (TPSA) is 240 Å². The standard InChI is InChI=1S/4Ba.8H2O/h;;;;8*1H2/q4*+2;;;;;;;;/p-8. The zero-order valence-corrected chi connectivity index (χ0v) is 24.2. The average molecular weight is 685 g/mol. The second-order valence-electron chi connectivity index (χ2n) is 0. The van der Waals surface area contributed by atoms with Crippen LogP contribution in [0.3, 0.4) is 0 Å². The Balaban J connectivity index is 0. The van der Waals surface area contributed by atoms with Crippen molar-refractivity contribution in [3.8, 4) is 0 Å². The summed E-state index contributed by atoms with van der Waals surface area (Å²) in [5.41, 5.74) is 0. The van der Waals surface area contributed by atoms with Gasteiger partial charge in [-0.25, -0.2) is 0 Å². The second-order valence-corrected chi connectivity index (χ2v) is 0. The van der Waals surface area contributed by atoms with E-state index in [2.05, 4.69) is 0 Å². The summed E-state index contributed by atoms with van der Waals surface area (Å²) in [4.78, 5) is 0. The molecule has 0 spiro atoms. The summed E-state index contributed by atoms with van der Waals surface area (Å²) in [5, 5.41) is 0. The Bertz CT molecular complexity index is 11.0. The Hall–Kier alpha value is 5.97. The largest absolute Gasteiger partial charge is 2.00 e. The molecule has 0 saturated carbocycles. The van der Waals surface area contributed by atoms with E-state index in [1.54, 1.807) is 0 Å². The van der Waals surface area contributed by atoms with E-state index in [0.717, 1.165) is 0 Å². The molecule has 64 valence electrons. The molecule has 0 heterocycles.